The molecule has 32 heavy (non-hydrogen) atoms. The van der Waals surface area contributed by atoms with Gasteiger partial charge in [0.1, 0.15) is 18.0 Å². The fraction of sp³-hybridized carbons (Fsp3) is 0.652. The third kappa shape index (κ3) is 5.42. The number of anilines is 1. The van der Waals surface area contributed by atoms with Crippen molar-refractivity contribution in [1.82, 2.24) is 14.8 Å². The van der Waals surface area contributed by atoms with Gasteiger partial charge in [0, 0.05) is 29.3 Å². The van der Waals surface area contributed by atoms with Gasteiger partial charge in [0.15, 0.2) is 0 Å². The lowest BCUT2D eigenvalue weighted by atomic mass is 9.71. The van der Waals surface area contributed by atoms with Crippen molar-refractivity contribution in [3.63, 3.8) is 0 Å². The van der Waals surface area contributed by atoms with Crippen molar-refractivity contribution in [2.24, 2.45) is 5.41 Å². The average molecular weight is 509 g/mol. The van der Waals surface area contributed by atoms with Crippen molar-refractivity contribution in [3.8, 4) is 0 Å². The van der Waals surface area contributed by atoms with Gasteiger partial charge in [0.25, 0.3) is 0 Å². The van der Waals surface area contributed by atoms with Gasteiger partial charge in [-0.2, -0.15) is 0 Å². The summed E-state index contributed by atoms with van der Waals surface area (Å²) in [6.45, 7) is 11.9. The van der Waals surface area contributed by atoms with Crippen LogP contribution < -0.4 is 5.32 Å². The molecule has 8 nitrogen and oxygen atoms in total. The highest BCUT2D eigenvalue weighted by atomic mass is 79.9. The summed E-state index contributed by atoms with van der Waals surface area (Å²) < 4.78 is 6.39. The zero-order valence-corrected chi connectivity index (χ0v) is 21.3. The Bertz CT molecular complexity index is 912. The number of rotatable bonds is 2. The Hall–Kier alpha value is -2.16. The number of halogens is 1. The molecule has 0 saturated carbocycles. The third-order valence-electron chi connectivity index (χ3n) is 5.97. The second-order valence-electron chi connectivity index (χ2n) is 10.7. The van der Waals surface area contributed by atoms with Crippen molar-refractivity contribution >= 4 is 39.7 Å². The molecule has 0 atom stereocenters. The second-order valence-corrected chi connectivity index (χ2v) is 11.6. The normalized spacial score (nSPS) is 18.1. The highest BCUT2D eigenvalue weighted by molar-refractivity contribution is 9.10. The predicted molar refractivity (Wildman–Crippen MR) is 125 cm³/mol. The average Bonchev–Trinajstić information content (AvgIpc) is 2.65. The SMILES string of the molecule is CC(C)(C)OC(=O)N(CC(=O)N1CCC2(CC1)Cc1cc(Br)cnc1NC2=O)C(C)(C)C. The summed E-state index contributed by atoms with van der Waals surface area (Å²) in [6.07, 6.45) is 2.91. The molecule has 0 radical (unpaired) electrons. The zero-order chi connectivity index (χ0) is 23.9. The summed E-state index contributed by atoms with van der Waals surface area (Å²) >= 11 is 3.44. The molecule has 3 heterocycles. The lowest BCUT2D eigenvalue weighted by Gasteiger charge is -2.44. The molecule has 3 amide bonds. The number of piperidine rings is 1. The quantitative estimate of drug-likeness (QED) is 0.651. The Kier molecular flexibility index (Phi) is 6.62. The first-order valence-corrected chi connectivity index (χ1v) is 11.7. The molecule has 9 heteroatoms. The Morgan fingerprint density at radius 1 is 1.22 bits per heavy atom. The van der Waals surface area contributed by atoms with E-state index in [2.05, 4.69) is 26.2 Å². The molecular formula is C23H33BrN4O4. The summed E-state index contributed by atoms with van der Waals surface area (Å²) in [5.41, 5.74) is -0.748. The minimum atomic E-state index is -0.643. The highest BCUT2D eigenvalue weighted by Crippen LogP contribution is 2.41. The zero-order valence-electron chi connectivity index (χ0n) is 19.7. The fourth-order valence-corrected chi connectivity index (χ4v) is 4.51. The number of ether oxygens (including phenoxy) is 1. The van der Waals surface area contributed by atoms with Crippen molar-refractivity contribution in [1.29, 1.82) is 0 Å². The van der Waals surface area contributed by atoms with Crippen LogP contribution in [0.1, 0.15) is 59.9 Å². The number of hydrogen-bond acceptors (Lipinski definition) is 5. The van der Waals surface area contributed by atoms with Crippen LogP contribution in [0.15, 0.2) is 16.7 Å². The third-order valence-corrected chi connectivity index (χ3v) is 6.40. The van der Waals surface area contributed by atoms with Gasteiger partial charge in [-0.3, -0.25) is 14.5 Å². The fourth-order valence-electron chi connectivity index (χ4n) is 4.13. The Balaban J connectivity index is 1.67. The van der Waals surface area contributed by atoms with Crippen LogP contribution >= 0.6 is 15.9 Å². The molecule has 0 aromatic carbocycles. The largest absolute Gasteiger partial charge is 0.444 e. The number of likely N-dealkylation sites (tertiary alicyclic amines) is 1. The monoisotopic (exact) mass is 508 g/mol. The van der Waals surface area contributed by atoms with Gasteiger partial charge in [-0.1, -0.05) is 0 Å². The smallest absolute Gasteiger partial charge is 0.411 e. The van der Waals surface area contributed by atoms with Gasteiger partial charge in [0.05, 0.1) is 5.41 Å². The number of carbonyl (C=O) groups excluding carboxylic acids is 3. The van der Waals surface area contributed by atoms with Crippen LogP contribution in [-0.2, 0) is 20.7 Å². The molecule has 1 saturated heterocycles. The maximum Gasteiger partial charge on any atom is 0.411 e. The molecule has 3 rings (SSSR count). The van der Waals surface area contributed by atoms with E-state index in [1.54, 1.807) is 31.9 Å². The van der Waals surface area contributed by atoms with Crippen molar-refractivity contribution < 1.29 is 19.1 Å². The van der Waals surface area contributed by atoms with E-state index in [-0.39, 0.29) is 18.4 Å². The number of amides is 3. The van der Waals surface area contributed by atoms with E-state index < -0.39 is 22.6 Å². The second kappa shape index (κ2) is 8.65. The number of nitrogens with zero attached hydrogens (tertiary/aromatic N) is 3. The molecule has 0 aliphatic carbocycles. The van der Waals surface area contributed by atoms with E-state index in [0.717, 1.165) is 10.0 Å². The maximum atomic E-state index is 13.1. The van der Waals surface area contributed by atoms with E-state index in [0.29, 0.717) is 38.2 Å². The summed E-state index contributed by atoms with van der Waals surface area (Å²) in [5.74, 6) is 0.444. The Morgan fingerprint density at radius 2 is 1.84 bits per heavy atom. The number of hydrogen-bond donors (Lipinski definition) is 1. The maximum absolute atomic E-state index is 13.1. The molecule has 1 spiro atoms. The molecule has 1 fully saturated rings. The van der Waals surface area contributed by atoms with Crippen LogP contribution in [0.25, 0.3) is 0 Å². The minimum Gasteiger partial charge on any atom is -0.444 e. The first-order valence-electron chi connectivity index (χ1n) is 10.9. The van der Waals surface area contributed by atoms with Crippen LogP contribution in [0, 0.1) is 5.41 Å². The molecule has 1 aromatic heterocycles. The molecule has 2 aliphatic heterocycles. The molecule has 0 unspecified atom stereocenters. The van der Waals surface area contributed by atoms with Crippen LogP contribution in [0.2, 0.25) is 0 Å². The molecular weight excluding hydrogens is 476 g/mol. The van der Waals surface area contributed by atoms with E-state index >= 15 is 0 Å². The van der Waals surface area contributed by atoms with E-state index in [4.69, 9.17) is 4.74 Å². The molecule has 0 bridgehead atoms. The topological polar surface area (TPSA) is 91.8 Å². The lowest BCUT2D eigenvalue weighted by molar-refractivity contribution is -0.140. The van der Waals surface area contributed by atoms with Gasteiger partial charge in [0.2, 0.25) is 11.8 Å². The number of aromatic nitrogens is 1. The Labute approximate surface area is 198 Å². The summed E-state index contributed by atoms with van der Waals surface area (Å²) in [4.78, 5) is 46.2. The molecule has 2 aliphatic rings. The van der Waals surface area contributed by atoms with Gasteiger partial charge >= 0.3 is 6.09 Å². The van der Waals surface area contributed by atoms with Crippen LogP contribution in [0.4, 0.5) is 10.6 Å². The van der Waals surface area contributed by atoms with Crippen LogP contribution in [-0.4, -0.2) is 63.5 Å². The van der Waals surface area contributed by atoms with Gasteiger partial charge in [-0.25, -0.2) is 9.78 Å². The number of carbonyl (C=O) groups is 3. The molecule has 176 valence electrons. The van der Waals surface area contributed by atoms with Crippen molar-refractivity contribution in [3.05, 3.63) is 22.3 Å². The first-order chi connectivity index (χ1) is 14.7. The van der Waals surface area contributed by atoms with Gasteiger partial charge in [-0.05, 0) is 88.4 Å². The lowest BCUT2D eigenvalue weighted by Crippen LogP contribution is -2.55. The van der Waals surface area contributed by atoms with Gasteiger partial charge < -0.3 is 15.0 Å². The summed E-state index contributed by atoms with van der Waals surface area (Å²) in [5, 5.41) is 2.94. The predicted octanol–water partition coefficient (Wildman–Crippen LogP) is 3.98. The van der Waals surface area contributed by atoms with Crippen molar-refractivity contribution in [2.75, 3.05) is 25.0 Å². The van der Waals surface area contributed by atoms with E-state index in [9.17, 15) is 14.4 Å². The van der Waals surface area contributed by atoms with E-state index in [1.165, 1.54) is 4.90 Å². The minimum absolute atomic E-state index is 0.0306. The van der Waals surface area contributed by atoms with Gasteiger partial charge in [-0.15, -0.1) is 0 Å². The van der Waals surface area contributed by atoms with Crippen LogP contribution in [0.3, 0.4) is 0 Å². The Morgan fingerprint density at radius 3 is 2.41 bits per heavy atom. The number of nitrogens with one attached hydrogen (secondary N) is 1. The first kappa shape index (κ1) is 24.5. The molecule has 1 aromatic rings. The van der Waals surface area contributed by atoms with Crippen LogP contribution in [0.5, 0.6) is 0 Å². The summed E-state index contributed by atoms with van der Waals surface area (Å²) in [7, 11) is 0. The number of fused-ring (bicyclic) bond motifs is 1. The highest BCUT2D eigenvalue weighted by Gasteiger charge is 2.46. The summed E-state index contributed by atoms with van der Waals surface area (Å²) in [6, 6.07) is 1.99. The molecule has 1 N–H and O–H groups in total. The number of pyridine rings is 1. The standard InChI is InChI=1S/C23H33BrN4O4/c1-21(2,3)28(20(31)32-22(4,5)6)14-17(29)27-9-7-23(8-10-27)12-15-11-16(24)13-25-18(15)26-19(23)30/h11,13H,7-10,12,14H2,1-6H3,(H,25,26,30). The van der Waals surface area contributed by atoms with E-state index in [1.807, 2.05) is 26.8 Å². The van der Waals surface area contributed by atoms with Crippen molar-refractivity contribution in [2.45, 2.75) is 71.9 Å².